The van der Waals surface area contributed by atoms with E-state index in [0.29, 0.717) is 0 Å². The largest absolute Gasteiger partial charge is 0.453 e. The Morgan fingerprint density at radius 2 is 2.06 bits per heavy atom. The number of nitro benzene ring substituents is 1. The van der Waals surface area contributed by atoms with Gasteiger partial charge in [0, 0.05) is 12.1 Å². The minimum Gasteiger partial charge on any atom is -0.453 e. The molecule has 0 N–H and O–H groups in total. The van der Waals surface area contributed by atoms with Gasteiger partial charge in [0.15, 0.2) is 12.3 Å². The summed E-state index contributed by atoms with van der Waals surface area (Å²) in [6.45, 7) is -0.0574. The number of hydrogen-bond donors (Lipinski definition) is 0. The SMILES string of the molecule is O=C(O[C@H]1COC[C@@H]1F)c1ccc([N+](=O)[O-])cc1. The number of ether oxygens (including phenoxy) is 2. The van der Waals surface area contributed by atoms with Crippen molar-refractivity contribution in [1.29, 1.82) is 0 Å². The first-order chi connectivity index (χ1) is 8.58. The molecule has 0 bridgehead atoms. The maximum absolute atomic E-state index is 13.1. The van der Waals surface area contributed by atoms with Crippen LogP contribution in [0.1, 0.15) is 10.4 Å². The summed E-state index contributed by atoms with van der Waals surface area (Å²) in [7, 11) is 0. The zero-order valence-corrected chi connectivity index (χ0v) is 9.24. The number of nitro groups is 1. The lowest BCUT2D eigenvalue weighted by Crippen LogP contribution is -2.26. The molecule has 0 spiro atoms. The number of esters is 1. The van der Waals surface area contributed by atoms with Crippen molar-refractivity contribution in [3.05, 3.63) is 39.9 Å². The summed E-state index contributed by atoms with van der Waals surface area (Å²) in [4.78, 5) is 21.5. The third-order valence-corrected chi connectivity index (χ3v) is 2.53. The zero-order valence-electron chi connectivity index (χ0n) is 9.24. The van der Waals surface area contributed by atoms with Crippen molar-refractivity contribution in [3.63, 3.8) is 0 Å². The van der Waals surface area contributed by atoms with Gasteiger partial charge in [0.05, 0.1) is 23.7 Å². The topological polar surface area (TPSA) is 78.7 Å². The molecular formula is C11H10FNO5. The number of hydrogen-bond acceptors (Lipinski definition) is 5. The monoisotopic (exact) mass is 255 g/mol. The summed E-state index contributed by atoms with van der Waals surface area (Å²) < 4.78 is 22.9. The van der Waals surface area contributed by atoms with Crippen LogP contribution in [0.25, 0.3) is 0 Å². The lowest BCUT2D eigenvalue weighted by atomic mass is 10.2. The predicted molar refractivity (Wildman–Crippen MR) is 58.0 cm³/mol. The smallest absolute Gasteiger partial charge is 0.338 e. The van der Waals surface area contributed by atoms with E-state index in [4.69, 9.17) is 9.47 Å². The van der Waals surface area contributed by atoms with Crippen LogP contribution in [0.5, 0.6) is 0 Å². The summed E-state index contributed by atoms with van der Waals surface area (Å²) in [6, 6.07) is 4.91. The average molecular weight is 255 g/mol. The summed E-state index contributed by atoms with van der Waals surface area (Å²) in [6.07, 6.45) is -2.24. The number of halogens is 1. The number of benzene rings is 1. The molecular weight excluding hydrogens is 245 g/mol. The second-order valence-corrected chi connectivity index (χ2v) is 3.80. The molecule has 2 atom stereocenters. The second kappa shape index (κ2) is 5.09. The van der Waals surface area contributed by atoms with E-state index in [1.165, 1.54) is 24.3 Å². The van der Waals surface area contributed by atoms with Crippen LogP contribution < -0.4 is 0 Å². The van der Waals surface area contributed by atoms with Gasteiger partial charge in [-0.2, -0.15) is 0 Å². The van der Waals surface area contributed by atoms with E-state index in [-0.39, 0.29) is 24.5 Å². The van der Waals surface area contributed by atoms with E-state index in [9.17, 15) is 19.3 Å². The first kappa shape index (κ1) is 12.4. The van der Waals surface area contributed by atoms with Gasteiger partial charge in [-0.3, -0.25) is 10.1 Å². The third-order valence-electron chi connectivity index (χ3n) is 2.53. The van der Waals surface area contributed by atoms with Crippen molar-refractivity contribution >= 4 is 11.7 Å². The van der Waals surface area contributed by atoms with Gasteiger partial charge in [0.25, 0.3) is 5.69 Å². The van der Waals surface area contributed by atoms with Crippen molar-refractivity contribution in [2.24, 2.45) is 0 Å². The van der Waals surface area contributed by atoms with Gasteiger partial charge in [0.2, 0.25) is 0 Å². The van der Waals surface area contributed by atoms with Gasteiger partial charge in [-0.05, 0) is 12.1 Å². The zero-order chi connectivity index (χ0) is 13.1. The summed E-state index contributed by atoms with van der Waals surface area (Å²) in [5.74, 6) is -0.719. The Balaban J connectivity index is 2.02. The van der Waals surface area contributed by atoms with Gasteiger partial charge in [-0.1, -0.05) is 0 Å². The molecule has 1 aromatic rings. The van der Waals surface area contributed by atoms with Crippen molar-refractivity contribution in [3.8, 4) is 0 Å². The van der Waals surface area contributed by atoms with Crippen molar-refractivity contribution < 1.29 is 23.6 Å². The number of carbonyl (C=O) groups excluding carboxylic acids is 1. The number of non-ortho nitro benzene ring substituents is 1. The molecule has 0 aromatic heterocycles. The number of nitrogens with zero attached hydrogens (tertiary/aromatic N) is 1. The van der Waals surface area contributed by atoms with Crippen LogP contribution in [0.15, 0.2) is 24.3 Å². The minimum atomic E-state index is -1.33. The van der Waals surface area contributed by atoms with Gasteiger partial charge in [-0.25, -0.2) is 9.18 Å². The van der Waals surface area contributed by atoms with Crippen molar-refractivity contribution in [1.82, 2.24) is 0 Å². The Morgan fingerprint density at radius 3 is 2.56 bits per heavy atom. The molecule has 1 heterocycles. The van der Waals surface area contributed by atoms with Gasteiger partial charge in [-0.15, -0.1) is 0 Å². The van der Waals surface area contributed by atoms with Crippen LogP contribution in [-0.4, -0.2) is 36.4 Å². The predicted octanol–water partition coefficient (Wildman–Crippen LogP) is 1.49. The standard InChI is InChI=1S/C11H10FNO5/c12-9-5-17-6-10(9)18-11(14)7-1-3-8(4-2-7)13(15)16/h1-4,9-10H,5-6H2/t9-,10-/m0/s1. The van der Waals surface area contributed by atoms with E-state index >= 15 is 0 Å². The van der Waals surface area contributed by atoms with E-state index in [1.807, 2.05) is 0 Å². The third kappa shape index (κ3) is 2.62. The van der Waals surface area contributed by atoms with Gasteiger partial charge < -0.3 is 9.47 Å². The lowest BCUT2D eigenvalue weighted by Gasteiger charge is -2.12. The molecule has 1 aromatic carbocycles. The highest BCUT2D eigenvalue weighted by Gasteiger charge is 2.31. The fourth-order valence-corrected chi connectivity index (χ4v) is 1.54. The van der Waals surface area contributed by atoms with E-state index in [2.05, 4.69) is 0 Å². The summed E-state index contributed by atoms with van der Waals surface area (Å²) >= 11 is 0. The van der Waals surface area contributed by atoms with E-state index in [1.54, 1.807) is 0 Å². The molecule has 1 fully saturated rings. The minimum absolute atomic E-state index is 0.0277. The molecule has 0 radical (unpaired) electrons. The molecule has 2 rings (SSSR count). The first-order valence-electron chi connectivity index (χ1n) is 5.25. The Hall–Kier alpha value is -2.02. The van der Waals surface area contributed by atoms with Gasteiger partial charge in [0.1, 0.15) is 0 Å². The van der Waals surface area contributed by atoms with Crippen LogP contribution in [0.4, 0.5) is 10.1 Å². The molecule has 6 nitrogen and oxygen atoms in total. The van der Waals surface area contributed by atoms with E-state index in [0.717, 1.165) is 0 Å². The second-order valence-electron chi connectivity index (χ2n) is 3.80. The van der Waals surface area contributed by atoms with Crippen molar-refractivity contribution in [2.75, 3.05) is 13.2 Å². The highest BCUT2D eigenvalue weighted by molar-refractivity contribution is 5.89. The Labute approximate surface area is 101 Å². The molecule has 1 aliphatic heterocycles. The molecule has 18 heavy (non-hydrogen) atoms. The quantitative estimate of drug-likeness (QED) is 0.464. The fourth-order valence-electron chi connectivity index (χ4n) is 1.54. The van der Waals surface area contributed by atoms with Crippen LogP contribution in [0, 0.1) is 10.1 Å². The molecule has 0 saturated carbocycles. The Morgan fingerprint density at radius 1 is 1.39 bits per heavy atom. The maximum Gasteiger partial charge on any atom is 0.338 e. The highest BCUT2D eigenvalue weighted by atomic mass is 19.1. The molecule has 96 valence electrons. The average Bonchev–Trinajstić information content (AvgIpc) is 2.75. The molecule has 1 saturated heterocycles. The first-order valence-corrected chi connectivity index (χ1v) is 5.25. The van der Waals surface area contributed by atoms with Crippen LogP contribution in [0.3, 0.4) is 0 Å². The normalized spacial score (nSPS) is 22.7. The van der Waals surface area contributed by atoms with Crippen molar-refractivity contribution in [2.45, 2.75) is 12.3 Å². The van der Waals surface area contributed by atoms with E-state index < -0.39 is 23.2 Å². The fraction of sp³-hybridized carbons (Fsp3) is 0.364. The van der Waals surface area contributed by atoms with Crippen LogP contribution >= 0.6 is 0 Å². The van der Waals surface area contributed by atoms with Gasteiger partial charge >= 0.3 is 5.97 Å². The molecule has 0 amide bonds. The number of carbonyl (C=O) groups is 1. The maximum atomic E-state index is 13.1. The molecule has 0 aliphatic carbocycles. The number of rotatable bonds is 3. The Bertz CT molecular complexity index is 461. The lowest BCUT2D eigenvalue weighted by molar-refractivity contribution is -0.384. The Kier molecular flexibility index (Phi) is 3.52. The van der Waals surface area contributed by atoms with Crippen LogP contribution in [-0.2, 0) is 9.47 Å². The molecule has 0 unspecified atom stereocenters. The highest BCUT2D eigenvalue weighted by Crippen LogP contribution is 2.17. The summed E-state index contributed by atoms with van der Waals surface area (Å²) in [5.41, 5.74) is 0.0128. The molecule has 7 heteroatoms. The summed E-state index contributed by atoms with van der Waals surface area (Å²) in [5, 5.41) is 10.4. The van der Waals surface area contributed by atoms with Crippen LogP contribution in [0.2, 0.25) is 0 Å². The number of alkyl halides is 1. The molecule has 1 aliphatic rings.